The molecule has 0 spiro atoms. The summed E-state index contributed by atoms with van der Waals surface area (Å²) in [5, 5.41) is 0.936. The van der Waals surface area contributed by atoms with E-state index in [2.05, 4.69) is 49.4 Å². The van der Waals surface area contributed by atoms with E-state index in [4.69, 9.17) is 23.2 Å². The Morgan fingerprint density at radius 2 is 1.37 bits per heavy atom. The topological polar surface area (TPSA) is 0 Å². The van der Waals surface area contributed by atoms with E-state index in [0.717, 1.165) is 37.1 Å². The van der Waals surface area contributed by atoms with E-state index in [1.807, 2.05) is 6.08 Å². The lowest BCUT2D eigenvalue weighted by Crippen LogP contribution is -1.94. The summed E-state index contributed by atoms with van der Waals surface area (Å²) >= 11 is 12.1. The van der Waals surface area contributed by atoms with Gasteiger partial charge in [-0.2, -0.15) is 0 Å². The van der Waals surface area contributed by atoms with Crippen LogP contribution in [0, 0.1) is 0 Å². The van der Waals surface area contributed by atoms with E-state index in [0.29, 0.717) is 0 Å². The minimum absolute atomic E-state index is 0.936. The number of allylic oxidation sites excluding steroid dienone is 1. The monoisotopic (exact) mass is 402 g/mol. The maximum absolute atomic E-state index is 6.52. The van der Waals surface area contributed by atoms with E-state index < -0.39 is 0 Å². The SMILES string of the molecule is CCCCCCCc1ccc(CCc2ccc(CC/C=C/Cl)cc2)cc1Cl. The van der Waals surface area contributed by atoms with Gasteiger partial charge < -0.3 is 0 Å². The predicted molar refractivity (Wildman–Crippen MR) is 121 cm³/mol. The predicted octanol–water partition coefficient (Wildman–Crippen LogP) is 8.32. The van der Waals surface area contributed by atoms with Crippen molar-refractivity contribution in [3.8, 4) is 0 Å². The number of halogens is 2. The molecule has 146 valence electrons. The second-order valence-corrected chi connectivity index (χ2v) is 7.97. The average molecular weight is 403 g/mol. The molecule has 0 unspecified atom stereocenters. The van der Waals surface area contributed by atoms with Crippen molar-refractivity contribution >= 4 is 23.2 Å². The largest absolute Gasteiger partial charge is 0.0933 e. The molecule has 0 aliphatic heterocycles. The molecule has 0 aromatic heterocycles. The molecule has 0 aliphatic rings. The van der Waals surface area contributed by atoms with Crippen molar-refractivity contribution in [1.29, 1.82) is 0 Å². The molecular weight excluding hydrogens is 371 g/mol. The smallest absolute Gasteiger partial charge is 0.0440 e. The molecule has 0 N–H and O–H groups in total. The molecule has 2 aromatic rings. The second kappa shape index (κ2) is 13.0. The van der Waals surface area contributed by atoms with Gasteiger partial charge in [-0.1, -0.05) is 98.3 Å². The minimum atomic E-state index is 0.936. The highest BCUT2D eigenvalue weighted by atomic mass is 35.5. The van der Waals surface area contributed by atoms with Crippen LogP contribution in [0.25, 0.3) is 0 Å². The van der Waals surface area contributed by atoms with Gasteiger partial charge in [-0.15, -0.1) is 0 Å². The van der Waals surface area contributed by atoms with Crippen LogP contribution in [0.4, 0.5) is 0 Å². The zero-order valence-electron chi connectivity index (χ0n) is 16.5. The maximum Gasteiger partial charge on any atom is 0.0440 e. The van der Waals surface area contributed by atoms with Crippen LogP contribution in [-0.4, -0.2) is 0 Å². The van der Waals surface area contributed by atoms with Crippen molar-refractivity contribution in [3.05, 3.63) is 81.4 Å². The van der Waals surface area contributed by atoms with Crippen LogP contribution in [-0.2, 0) is 25.7 Å². The molecule has 27 heavy (non-hydrogen) atoms. The molecule has 2 rings (SSSR count). The molecule has 0 heterocycles. The summed E-state index contributed by atoms with van der Waals surface area (Å²) in [4.78, 5) is 0. The van der Waals surface area contributed by atoms with Crippen molar-refractivity contribution in [2.45, 2.75) is 71.1 Å². The van der Waals surface area contributed by atoms with Crippen LogP contribution >= 0.6 is 23.2 Å². The molecule has 0 radical (unpaired) electrons. The van der Waals surface area contributed by atoms with Crippen molar-refractivity contribution < 1.29 is 0 Å². The first-order valence-corrected chi connectivity index (χ1v) is 11.1. The van der Waals surface area contributed by atoms with E-state index in [9.17, 15) is 0 Å². The van der Waals surface area contributed by atoms with Gasteiger partial charge in [0.1, 0.15) is 0 Å². The Bertz CT molecular complexity index is 686. The molecule has 0 atom stereocenters. The lowest BCUT2D eigenvalue weighted by molar-refractivity contribution is 0.632. The number of aryl methyl sites for hydroxylation is 4. The third kappa shape index (κ3) is 8.54. The Morgan fingerprint density at radius 3 is 2.04 bits per heavy atom. The lowest BCUT2D eigenvalue weighted by Gasteiger charge is -2.08. The van der Waals surface area contributed by atoms with E-state index in [1.54, 1.807) is 5.54 Å². The number of hydrogen-bond acceptors (Lipinski definition) is 0. The first-order valence-electron chi connectivity index (χ1n) is 10.3. The zero-order chi connectivity index (χ0) is 19.3. The molecule has 0 amide bonds. The standard InChI is InChI=1S/C25H32Cl2/c1-2-3-4-5-6-10-24-18-17-23(20-25(24)27)16-15-22-13-11-21(12-14-22)9-7-8-19-26/h8,11-14,17-20H,2-7,9-10,15-16H2,1H3/b19-8+. The van der Waals surface area contributed by atoms with Gasteiger partial charge in [0.25, 0.3) is 0 Å². The van der Waals surface area contributed by atoms with E-state index in [-0.39, 0.29) is 0 Å². The van der Waals surface area contributed by atoms with E-state index in [1.165, 1.54) is 54.4 Å². The van der Waals surface area contributed by atoms with Crippen LogP contribution < -0.4 is 0 Å². The highest BCUT2D eigenvalue weighted by Gasteiger charge is 2.03. The lowest BCUT2D eigenvalue weighted by atomic mass is 9.99. The average Bonchev–Trinajstić information content (AvgIpc) is 2.69. The minimum Gasteiger partial charge on any atom is -0.0933 e. The highest BCUT2D eigenvalue weighted by molar-refractivity contribution is 6.31. The number of hydrogen-bond donors (Lipinski definition) is 0. The van der Waals surface area contributed by atoms with Gasteiger partial charge in [-0.05, 0) is 66.8 Å². The second-order valence-electron chi connectivity index (χ2n) is 7.31. The van der Waals surface area contributed by atoms with Gasteiger partial charge in [0.05, 0.1) is 0 Å². The Morgan fingerprint density at radius 1 is 0.741 bits per heavy atom. The molecule has 0 nitrogen and oxygen atoms in total. The Balaban J connectivity index is 1.79. The zero-order valence-corrected chi connectivity index (χ0v) is 18.0. The first-order chi connectivity index (χ1) is 13.2. The van der Waals surface area contributed by atoms with Gasteiger partial charge in [0.2, 0.25) is 0 Å². The fraction of sp³-hybridized carbons (Fsp3) is 0.440. The molecule has 0 saturated heterocycles. The highest BCUT2D eigenvalue weighted by Crippen LogP contribution is 2.22. The molecule has 2 aromatic carbocycles. The molecule has 0 saturated carbocycles. The van der Waals surface area contributed by atoms with Crippen molar-refractivity contribution in [1.82, 2.24) is 0 Å². The molecule has 0 fully saturated rings. The van der Waals surface area contributed by atoms with Crippen molar-refractivity contribution in [3.63, 3.8) is 0 Å². The van der Waals surface area contributed by atoms with Crippen LogP contribution in [0.1, 0.15) is 67.7 Å². The summed E-state index contributed by atoms with van der Waals surface area (Å²) in [5.74, 6) is 0. The van der Waals surface area contributed by atoms with Gasteiger partial charge in [-0.3, -0.25) is 0 Å². The summed E-state index contributed by atoms with van der Waals surface area (Å²) in [6.45, 7) is 2.25. The van der Waals surface area contributed by atoms with Gasteiger partial charge in [0, 0.05) is 10.6 Å². The summed E-state index contributed by atoms with van der Waals surface area (Å²) in [6, 6.07) is 15.6. The number of unbranched alkanes of at least 4 members (excludes halogenated alkanes) is 4. The van der Waals surface area contributed by atoms with Gasteiger partial charge in [-0.25, -0.2) is 0 Å². The molecule has 0 aliphatic carbocycles. The van der Waals surface area contributed by atoms with Crippen molar-refractivity contribution in [2.75, 3.05) is 0 Å². The first kappa shape index (κ1) is 22.1. The third-order valence-corrected chi connectivity index (χ3v) is 5.61. The van der Waals surface area contributed by atoms with Crippen LogP contribution in [0.5, 0.6) is 0 Å². The number of benzene rings is 2. The molecule has 2 heteroatoms. The number of rotatable bonds is 12. The third-order valence-electron chi connectivity index (χ3n) is 5.08. The summed E-state index contributed by atoms with van der Waals surface area (Å²) < 4.78 is 0. The molecule has 0 bridgehead atoms. The quantitative estimate of drug-likeness (QED) is 0.313. The van der Waals surface area contributed by atoms with Crippen LogP contribution in [0.15, 0.2) is 54.1 Å². The maximum atomic E-state index is 6.52. The Hall–Kier alpha value is -1.24. The van der Waals surface area contributed by atoms with Crippen molar-refractivity contribution in [2.24, 2.45) is 0 Å². The summed E-state index contributed by atoms with van der Waals surface area (Å²) in [7, 11) is 0. The Labute approximate surface area is 175 Å². The summed E-state index contributed by atoms with van der Waals surface area (Å²) in [5.41, 5.74) is 6.96. The van der Waals surface area contributed by atoms with Crippen LogP contribution in [0.2, 0.25) is 5.02 Å². The van der Waals surface area contributed by atoms with Gasteiger partial charge >= 0.3 is 0 Å². The fourth-order valence-electron chi connectivity index (χ4n) is 3.34. The van der Waals surface area contributed by atoms with E-state index >= 15 is 0 Å². The van der Waals surface area contributed by atoms with Gasteiger partial charge in [0.15, 0.2) is 0 Å². The van der Waals surface area contributed by atoms with Crippen LogP contribution in [0.3, 0.4) is 0 Å². The normalized spacial score (nSPS) is 11.4. The Kier molecular flexibility index (Phi) is 10.6. The fourth-order valence-corrected chi connectivity index (χ4v) is 3.77. The molecular formula is C25H32Cl2. The summed E-state index contributed by atoms with van der Waals surface area (Å²) in [6.07, 6.45) is 13.7.